The molecule has 1 fully saturated rings. The molecule has 5 rings (SSSR count). The smallest absolute Gasteiger partial charge is 0.256 e. The molecule has 1 N–H and O–H groups in total. The SMILES string of the molecule is CC(C)N(CC(=O)Nc1nc(CC(=O)N2CCN(Cc3ccc4c(c3)OCO4)CC2)cs1)C(=O)c1ccccc1Cl. The van der Waals surface area contributed by atoms with Crippen molar-refractivity contribution in [2.24, 2.45) is 0 Å². The molecule has 41 heavy (non-hydrogen) atoms. The lowest BCUT2D eigenvalue weighted by Gasteiger charge is -2.34. The highest BCUT2D eigenvalue weighted by Gasteiger charge is 2.25. The van der Waals surface area contributed by atoms with Gasteiger partial charge in [0.15, 0.2) is 16.6 Å². The quantitative estimate of drug-likeness (QED) is 0.399. The van der Waals surface area contributed by atoms with E-state index >= 15 is 0 Å². The Morgan fingerprint density at radius 2 is 1.83 bits per heavy atom. The topological polar surface area (TPSA) is 104 Å². The Bertz CT molecular complexity index is 1420. The van der Waals surface area contributed by atoms with Crippen LogP contribution in [0.4, 0.5) is 5.13 Å². The van der Waals surface area contributed by atoms with Gasteiger partial charge in [-0.25, -0.2) is 4.98 Å². The Kier molecular flexibility index (Phi) is 9.06. The molecular formula is C29H32ClN5O5S. The molecule has 3 amide bonds. The number of nitrogens with zero attached hydrogens (tertiary/aromatic N) is 4. The van der Waals surface area contributed by atoms with Crippen LogP contribution in [0, 0.1) is 0 Å². The molecule has 0 bridgehead atoms. The number of ether oxygens (including phenoxy) is 2. The second kappa shape index (κ2) is 12.9. The minimum Gasteiger partial charge on any atom is -0.454 e. The fourth-order valence-electron chi connectivity index (χ4n) is 4.76. The number of hydrogen-bond acceptors (Lipinski definition) is 8. The van der Waals surface area contributed by atoms with E-state index in [1.807, 2.05) is 36.9 Å². The maximum absolute atomic E-state index is 13.0. The van der Waals surface area contributed by atoms with E-state index in [0.29, 0.717) is 34.5 Å². The lowest BCUT2D eigenvalue weighted by molar-refractivity contribution is -0.132. The molecule has 0 atom stereocenters. The van der Waals surface area contributed by atoms with Crippen LogP contribution in [0.25, 0.3) is 0 Å². The molecule has 0 spiro atoms. The number of halogens is 1. The van der Waals surface area contributed by atoms with Gasteiger partial charge in [-0.05, 0) is 43.7 Å². The van der Waals surface area contributed by atoms with Crippen molar-refractivity contribution < 1.29 is 23.9 Å². The molecule has 3 heterocycles. The van der Waals surface area contributed by atoms with E-state index in [2.05, 4.69) is 15.2 Å². The molecule has 0 aliphatic carbocycles. The number of carbonyl (C=O) groups is 3. The van der Waals surface area contributed by atoms with E-state index in [-0.39, 0.29) is 43.5 Å². The van der Waals surface area contributed by atoms with E-state index in [0.717, 1.165) is 36.7 Å². The standard InChI is InChI=1S/C29H32ClN5O5S/c1-19(2)35(28(38)22-5-3-4-6-23(22)30)16-26(36)32-29-31-21(17-41-29)14-27(37)34-11-9-33(10-12-34)15-20-7-8-24-25(13-20)40-18-39-24/h3-8,13,17,19H,9-12,14-16,18H2,1-2H3,(H,31,32,36). The van der Waals surface area contributed by atoms with Crippen molar-refractivity contribution in [3.63, 3.8) is 0 Å². The Labute approximate surface area is 247 Å². The van der Waals surface area contributed by atoms with Gasteiger partial charge in [0.05, 0.1) is 22.7 Å². The summed E-state index contributed by atoms with van der Waals surface area (Å²) in [6, 6.07) is 12.5. The molecule has 3 aromatic rings. The van der Waals surface area contributed by atoms with Gasteiger partial charge >= 0.3 is 0 Å². The zero-order valence-corrected chi connectivity index (χ0v) is 24.5. The molecule has 216 valence electrons. The first-order valence-corrected chi connectivity index (χ1v) is 14.7. The first kappa shape index (κ1) is 28.8. The largest absolute Gasteiger partial charge is 0.454 e. The molecule has 2 aliphatic heterocycles. The first-order valence-electron chi connectivity index (χ1n) is 13.4. The van der Waals surface area contributed by atoms with Gasteiger partial charge in [-0.1, -0.05) is 29.8 Å². The molecule has 1 aromatic heterocycles. The van der Waals surface area contributed by atoms with Gasteiger partial charge < -0.3 is 24.6 Å². The number of fused-ring (bicyclic) bond motifs is 1. The van der Waals surface area contributed by atoms with E-state index in [4.69, 9.17) is 21.1 Å². The Morgan fingerprint density at radius 1 is 1.07 bits per heavy atom. The maximum Gasteiger partial charge on any atom is 0.256 e. The fourth-order valence-corrected chi connectivity index (χ4v) is 5.70. The molecule has 0 unspecified atom stereocenters. The number of nitrogens with one attached hydrogen (secondary N) is 1. The van der Waals surface area contributed by atoms with Crippen LogP contribution in [0.3, 0.4) is 0 Å². The van der Waals surface area contributed by atoms with Gasteiger partial charge in [-0.15, -0.1) is 11.3 Å². The first-order chi connectivity index (χ1) is 19.8. The van der Waals surface area contributed by atoms with Crippen molar-refractivity contribution in [3.8, 4) is 11.5 Å². The number of aromatic nitrogens is 1. The highest BCUT2D eigenvalue weighted by molar-refractivity contribution is 7.13. The molecule has 12 heteroatoms. The highest BCUT2D eigenvalue weighted by Crippen LogP contribution is 2.33. The lowest BCUT2D eigenvalue weighted by atomic mass is 10.1. The predicted octanol–water partition coefficient (Wildman–Crippen LogP) is 3.90. The Hall–Kier alpha value is -3.67. The van der Waals surface area contributed by atoms with Crippen LogP contribution in [0.5, 0.6) is 11.5 Å². The van der Waals surface area contributed by atoms with Crippen molar-refractivity contribution in [1.82, 2.24) is 19.7 Å². The van der Waals surface area contributed by atoms with Gasteiger partial charge in [-0.3, -0.25) is 19.3 Å². The molecule has 0 radical (unpaired) electrons. The third-order valence-corrected chi connectivity index (χ3v) is 8.14. The summed E-state index contributed by atoms with van der Waals surface area (Å²) in [4.78, 5) is 48.8. The van der Waals surface area contributed by atoms with Crippen LogP contribution in [-0.4, -0.2) is 83.0 Å². The summed E-state index contributed by atoms with van der Waals surface area (Å²) in [6.45, 7) is 7.41. The van der Waals surface area contributed by atoms with Gasteiger partial charge in [0, 0.05) is 44.1 Å². The molecule has 0 saturated carbocycles. The van der Waals surface area contributed by atoms with Gasteiger partial charge in [0.25, 0.3) is 5.91 Å². The lowest BCUT2D eigenvalue weighted by Crippen LogP contribution is -2.48. The number of carbonyl (C=O) groups excluding carboxylic acids is 3. The average Bonchev–Trinajstić information content (AvgIpc) is 3.60. The molecule has 1 saturated heterocycles. The number of hydrogen-bond donors (Lipinski definition) is 1. The van der Waals surface area contributed by atoms with E-state index < -0.39 is 0 Å². The van der Waals surface area contributed by atoms with Crippen LogP contribution in [0.15, 0.2) is 47.8 Å². The summed E-state index contributed by atoms with van der Waals surface area (Å²) in [6.07, 6.45) is 0.164. The monoisotopic (exact) mass is 597 g/mol. The van der Waals surface area contributed by atoms with Gasteiger partial charge in [0.2, 0.25) is 18.6 Å². The van der Waals surface area contributed by atoms with Crippen LogP contribution < -0.4 is 14.8 Å². The third-order valence-electron chi connectivity index (χ3n) is 7.00. The number of amides is 3. The van der Waals surface area contributed by atoms with E-state index in [1.54, 1.807) is 29.6 Å². The normalized spacial score (nSPS) is 14.8. The summed E-state index contributed by atoms with van der Waals surface area (Å²) in [5, 5.41) is 5.26. The molecule has 10 nitrogen and oxygen atoms in total. The second-order valence-corrected chi connectivity index (χ2v) is 11.5. The fraction of sp³-hybridized carbons (Fsp3) is 0.379. The van der Waals surface area contributed by atoms with E-state index in [9.17, 15) is 14.4 Å². The molecular weight excluding hydrogens is 566 g/mol. The minimum atomic E-state index is -0.370. The van der Waals surface area contributed by atoms with Crippen molar-refractivity contribution in [3.05, 3.63) is 69.7 Å². The number of anilines is 1. The third kappa shape index (κ3) is 7.16. The average molecular weight is 598 g/mol. The minimum absolute atomic E-state index is 0.00669. The summed E-state index contributed by atoms with van der Waals surface area (Å²) < 4.78 is 10.9. The number of benzene rings is 2. The van der Waals surface area contributed by atoms with Gasteiger partial charge in [-0.2, -0.15) is 0 Å². The van der Waals surface area contributed by atoms with Gasteiger partial charge in [0.1, 0.15) is 6.54 Å². The maximum atomic E-state index is 13.0. The number of thiazole rings is 1. The van der Waals surface area contributed by atoms with E-state index in [1.165, 1.54) is 16.2 Å². The molecule has 2 aromatic carbocycles. The van der Waals surface area contributed by atoms with Crippen LogP contribution in [-0.2, 0) is 22.6 Å². The Balaban J connectivity index is 1.09. The Morgan fingerprint density at radius 3 is 2.59 bits per heavy atom. The van der Waals surface area contributed by atoms with Crippen LogP contribution in [0.2, 0.25) is 5.02 Å². The van der Waals surface area contributed by atoms with Crippen molar-refractivity contribution >= 4 is 45.8 Å². The molecule has 2 aliphatic rings. The number of rotatable bonds is 9. The zero-order valence-electron chi connectivity index (χ0n) is 23.0. The second-order valence-electron chi connectivity index (χ2n) is 10.2. The summed E-state index contributed by atoms with van der Waals surface area (Å²) in [5.74, 6) is 0.868. The van der Waals surface area contributed by atoms with Crippen molar-refractivity contribution in [2.75, 3.05) is 44.8 Å². The summed E-state index contributed by atoms with van der Waals surface area (Å²) >= 11 is 7.45. The highest BCUT2D eigenvalue weighted by atomic mass is 35.5. The van der Waals surface area contributed by atoms with Crippen LogP contribution in [0.1, 0.15) is 35.5 Å². The van der Waals surface area contributed by atoms with Crippen LogP contribution >= 0.6 is 22.9 Å². The summed E-state index contributed by atoms with van der Waals surface area (Å²) in [5.41, 5.74) is 2.10. The van der Waals surface area contributed by atoms with Crippen molar-refractivity contribution in [1.29, 1.82) is 0 Å². The number of piperazine rings is 1. The predicted molar refractivity (Wildman–Crippen MR) is 156 cm³/mol. The van der Waals surface area contributed by atoms with Crippen molar-refractivity contribution in [2.45, 2.75) is 32.9 Å². The summed E-state index contributed by atoms with van der Waals surface area (Å²) in [7, 11) is 0. The zero-order chi connectivity index (χ0) is 28.9.